The molecule has 0 saturated heterocycles. The van der Waals surface area contributed by atoms with Crippen molar-refractivity contribution in [3.8, 4) is 0 Å². The maximum atomic E-state index is 13.1. The van der Waals surface area contributed by atoms with Gasteiger partial charge >= 0.3 is 0 Å². The highest BCUT2D eigenvalue weighted by atomic mass is 16.1. The number of hydrogen-bond acceptors (Lipinski definition) is 4. The third-order valence-corrected chi connectivity index (χ3v) is 4.46. The Morgan fingerprint density at radius 1 is 0.808 bits per heavy atom. The van der Waals surface area contributed by atoms with Gasteiger partial charge in [-0.05, 0) is 12.8 Å². The number of ketones is 2. The first-order chi connectivity index (χ1) is 12.5. The molecule has 4 heteroatoms. The van der Waals surface area contributed by atoms with Gasteiger partial charge in [0.2, 0.25) is 0 Å². The van der Waals surface area contributed by atoms with Crippen LogP contribution in [0.25, 0.3) is 0 Å². The van der Waals surface area contributed by atoms with Gasteiger partial charge in [-0.2, -0.15) is 0 Å². The van der Waals surface area contributed by atoms with E-state index in [-0.39, 0.29) is 11.6 Å². The predicted molar refractivity (Wildman–Crippen MR) is 106 cm³/mol. The number of rotatable bonds is 10. The zero-order valence-electron chi connectivity index (χ0n) is 15.8. The normalized spacial score (nSPS) is 13.5. The van der Waals surface area contributed by atoms with E-state index >= 15 is 0 Å². The molecule has 0 amide bonds. The monoisotopic (exact) mass is 352 g/mol. The Hall–Kier alpha value is -2.62. The Labute approximate surface area is 156 Å². The van der Waals surface area contributed by atoms with Crippen molar-refractivity contribution in [2.75, 3.05) is 13.1 Å². The molecular weight excluding hydrogens is 324 g/mol. The average Bonchev–Trinajstić information content (AvgIpc) is 2.64. The van der Waals surface area contributed by atoms with Crippen molar-refractivity contribution in [3.05, 3.63) is 71.1 Å². The van der Waals surface area contributed by atoms with Gasteiger partial charge in [-0.3, -0.25) is 9.59 Å². The minimum Gasteiger partial charge on any atom is -0.385 e. The van der Waals surface area contributed by atoms with Crippen LogP contribution in [0, 0.1) is 0 Å². The third kappa shape index (κ3) is 4.13. The summed E-state index contributed by atoms with van der Waals surface area (Å²) in [5, 5.41) is 6.39. The van der Waals surface area contributed by atoms with Crippen molar-refractivity contribution in [1.82, 2.24) is 10.6 Å². The number of benzene rings is 1. The van der Waals surface area contributed by atoms with Crippen molar-refractivity contribution < 1.29 is 9.59 Å². The van der Waals surface area contributed by atoms with Crippen LogP contribution in [0.2, 0.25) is 0 Å². The molecule has 0 unspecified atom stereocenters. The Bertz CT molecular complexity index is 696. The van der Waals surface area contributed by atoms with Crippen LogP contribution in [-0.4, -0.2) is 24.7 Å². The minimum atomic E-state index is -0.178. The fourth-order valence-corrected chi connectivity index (χ4v) is 2.96. The van der Waals surface area contributed by atoms with E-state index in [0.29, 0.717) is 46.8 Å². The highest BCUT2D eigenvalue weighted by molar-refractivity contribution is 6.29. The van der Waals surface area contributed by atoms with Crippen molar-refractivity contribution >= 4 is 11.6 Å². The molecule has 0 saturated carbocycles. The van der Waals surface area contributed by atoms with Crippen LogP contribution >= 0.6 is 0 Å². The first-order valence-corrected chi connectivity index (χ1v) is 9.31. The lowest BCUT2D eigenvalue weighted by atomic mass is 9.81. The number of carbonyl (C=O) groups excluding carboxylic acids is 2. The second kappa shape index (κ2) is 9.18. The Morgan fingerprint density at radius 2 is 1.19 bits per heavy atom. The lowest BCUT2D eigenvalue weighted by molar-refractivity contribution is 0.0977. The number of hydrogen-bond donors (Lipinski definition) is 2. The van der Waals surface area contributed by atoms with Crippen molar-refractivity contribution in [2.45, 2.75) is 39.5 Å². The summed E-state index contributed by atoms with van der Waals surface area (Å²) in [5.41, 5.74) is 2.49. The first-order valence-electron chi connectivity index (χ1n) is 9.31. The zero-order chi connectivity index (χ0) is 19.1. The van der Waals surface area contributed by atoms with Crippen LogP contribution in [0.5, 0.6) is 0 Å². The zero-order valence-corrected chi connectivity index (χ0v) is 15.8. The molecule has 26 heavy (non-hydrogen) atoms. The fourth-order valence-electron chi connectivity index (χ4n) is 2.96. The van der Waals surface area contributed by atoms with Gasteiger partial charge in [-0.15, -0.1) is 0 Å². The Morgan fingerprint density at radius 3 is 1.54 bits per heavy atom. The lowest BCUT2D eigenvalue weighted by Crippen LogP contribution is -2.31. The molecule has 0 radical (unpaired) electrons. The highest BCUT2D eigenvalue weighted by Crippen LogP contribution is 2.31. The summed E-state index contributed by atoms with van der Waals surface area (Å²) in [6.45, 7) is 13.7. The van der Waals surface area contributed by atoms with Crippen molar-refractivity contribution in [2.24, 2.45) is 0 Å². The lowest BCUT2D eigenvalue weighted by Gasteiger charge is -2.24. The van der Waals surface area contributed by atoms with Gasteiger partial charge in [0.1, 0.15) is 0 Å². The van der Waals surface area contributed by atoms with E-state index < -0.39 is 0 Å². The summed E-state index contributed by atoms with van der Waals surface area (Å²) >= 11 is 0. The average molecular weight is 352 g/mol. The number of unbranched alkanes of at least 4 members (excludes halogenated alkanes) is 2. The minimum absolute atomic E-state index is 0.178. The van der Waals surface area contributed by atoms with Gasteiger partial charge in [0, 0.05) is 35.6 Å². The number of fused-ring (bicyclic) bond motifs is 1. The largest absolute Gasteiger partial charge is 0.385 e. The number of Topliss-reactive ketones (excluding diaryl/α,β-unsaturated/α-hetero) is 2. The molecule has 1 aromatic rings. The second-order valence-corrected chi connectivity index (χ2v) is 6.47. The standard InChI is InChI=1S/C22H28N2O2/c1-5-7-13-23-15(3)19-20(16(4)24-14-8-6-2)22(26)18-12-10-9-11-17(18)21(19)25/h9-12,23-24H,3-8,13-14H2,1-2H3. The second-order valence-electron chi connectivity index (χ2n) is 6.47. The molecule has 1 aromatic carbocycles. The molecule has 0 bridgehead atoms. The molecule has 0 spiro atoms. The van der Waals surface area contributed by atoms with Crippen molar-refractivity contribution in [1.29, 1.82) is 0 Å². The van der Waals surface area contributed by atoms with E-state index in [1.807, 2.05) is 0 Å². The summed E-state index contributed by atoms with van der Waals surface area (Å²) in [6, 6.07) is 6.93. The molecule has 0 fully saturated rings. The van der Waals surface area contributed by atoms with E-state index in [1.54, 1.807) is 24.3 Å². The third-order valence-electron chi connectivity index (χ3n) is 4.46. The quantitative estimate of drug-likeness (QED) is 0.621. The highest BCUT2D eigenvalue weighted by Gasteiger charge is 2.34. The van der Waals surface area contributed by atoms with Gasteiger partial charge in [-0.25, -0.2) is 0 Å². The SMILES string of the molecule is C=C(NCCCC)C1=C(C(=C)NCCCC)C(=O)c2ccccc2C1=O. The summed E-state index contributed by atoms with van der Waals surface area (Å²) in [4.78, 5) is 26.2. The molecule has 1 aliphatic rings. The summed E-state index contributed by atoms with van der Waals surface area (Å²) in [5.74, 6) is -0.356. The summed E-state index contributed by atoms with van der Waals surface area (Å²) < 4.78 is 0. The van der Waals surface area contributed by atoms with Gasteiger partial charge in [0.05, 0.1) is 11.1 Å². The summed E-state index contributed by atoms with van der Waals surface area (Å²) in [7, 11) is 0. The first kappa shape index (κ1) is 19.7. The van der Waals surface area contributed by atoms with Gasteiger partial charge in [-0.1, -0.05) is 64.1 Å². The van der Waals surface area contributed by atoms with E-state index in [1.165, 1.54) is 0 Å². The van der Waals surface area contributed by atoms with E-state index in [2.05, 4.69) is 37.6 Å². The fraction of sp³-hybridized carbons (Fsp3) is 0.364. The molecular formula is C22H28N2O2. The predicted octanol–water partition coefficient (Wildman–Crippen LogP) is 4.17. The number of nitrogens with one attached hydrogen (secondary N) is 2. The van der Waals surface area contributed by atoms with Crippen LogP contribution in [0.3, 0.4) is 0 Å². The molecule has 0 aliphatic heterocycles. The van der Waals surface area contributed by atoms with Gasteiger partial charge in [0.25, 0.3) is 0 Å². The van der Waals surface area contributed by atoms with Gasteiger partial charge < -0.3 is 10.6 Å². The smallest absolute Gasteiger partial charge is 0.196 e. The van der Waals surface area contributed by atoms with Crippen molar-refractivity contribution in [3.63, 3.8) is 0 Å². The molecule has 1 aliphatic carbocycles. The molecule has 0 heterocycles. The Balaban J connectivity index is 2.43. The molecule has 2 N–H and O–H groups in total. The molecule has 0 aromatic heterocycles. The van der Waals surface area contributed by atoms with Crippen LogP contribution in [0.15, 0.2) is 60.0 Å². The van der Waals surface area contributed by atoms with Gasteiger partial charge in [0.15, 0.2) is 11.6 Å². The van der Waals surface area contributed by atoms with Crippen LogP contribution in [0.1, 0.15) is 60.2 Å². The van der Waals surface area contributed by atoms with E-state index in [4.69, 9.17) is 0 Å². The molecule has 2 rings (SSSR count). The molecule has 138 valence electrons. The van der Waals surface area contributed by atoms with E-state index in [9.17, 15) is 9.59 Å². The van der Waals surface area contributed by atoms with E-state index in [0.717, 1.165) is 25.7 Å². The Kier molecular flexibility index (Phi) is 6.96. The number of carbonyl (C=O) groups is 2. The maximum Gasteiger partial charge on any atom is 0.196 e. The maximum absolute atomic E-state index is 13.1. The molecule has 4 nitrogen and oxygen atoms in total. The van der Waals surface area contributed by atoms with Crippen LogP contribution < -0.4 is 10.6 Å². The number of allylic oxidation sites excluding steroid dienone is 2. The van der Waals surface area contributed by atoms with Crippen LogP contribution in [0.4, 0.5) is 0 Å². The molecule has 0 atom stereocenters. The summed E-state index contributed by atoms with van der Waals surface area (Å²) in [6.07, 6.45) is 4.01. The topological polar surface area (TPSA) is 58.2 Å². The van der Waals surface area contributed by atoms with Crippen LogP contribution in [-0.2, 0) is 0 Å².